The maximum atomic E-state index is 10.4. The van der Waals surface area contributed by atoms with Crippen LogP contribution >= 0.6 is 0 Å². The Morgan fingerprint density at radius 2 is 1.57 bits per heavy atom. The van der Waals surface area contributed by atoms with Crippen LogP contribution in [0.1, 0.15) is 31.8 Å². The molecule has 1 aromatic rings. The number of hydrogen-bond acceptors (Lipinski definition) is 4. The van der Waals surface area contributed by atoms with Crippen molar-refractivity contribution in [3.05, 3.63) is 35.4 Å². The molecule has 1 heterocycles. The molecule has 0 aromatic heterocycles. The number of methoxy groups -OCH3 is 1. The van der Waals surface area contributed by atoms with Crippen LogP contribution in [0.3, 0.4) is 0 Å². The Morgan fingerprint density at radius 1 is 1.14 bits per heavy atom. The van der Waals surface area contributed by atoms with Crippen molar-refractivity contribution in [2.75, 3.05) is 27.6 Å². The number of amides is 1. The summed E-state index contributed by atoms with van der Waals surface area (Å²) >= 11 is 0. The first-order valence-electron chi connectivity index (χ1n) is 6.94. The van der Waals surface area contributed by atoms with E-state index in [-0.39, 0.29) is 14.1 Å². The Labute approximate surface area is 129 Å². The number of piperidine rings is 1. The first-order valence-corrected chi connectivity index (χ1v) is 6.94. The fraction of sp³-hybridized carbons (Fsp3) is 0.562. The highest BCUT2D eigenvalue weighted by molar-refractivity contribution is 5.76. The number of hydrogen-bond donors (Lipinski definition) is 3. The van der Waals surface area contributed by atoms with Crippen molar-refractivity contribution in [1.29, 1.82) is 0 Å². The van der Waals surface area contributed by atoms with E-state index in [1.54, 1.807) is 0 Å². The van der Waals surface area contributed by atoms with Gasteiger partial charge in [-0.1, -0.05) is 35.4 Å². The fourth-order valence-electron chi connectivity index (χ4n) is 1.36. The number of rotatable bonds is 1. The standard InChI is InChI=1S/C8H10.C5H9NO.C2H6O2.CH4O.H2/c1-7-3-5-8(2)6-4-7;7-5-3-1-2-4-6-5;1-4-2-3;1-2;/h3-6H,1-2H3;1-4H2,(H,6,7);3H,2H2,1H3;2H,1H3;1H. The zero-order valence-corrected chi connectivity index (χ0v) is 13.6. The number of carbonyl (C=O) groups is 1. The SMILES string of the molecule is CO.COCO.Cc1ccc(C)cc1.O=C1CCCCN1.[HH]. The molecular weight excluding hydrogens is 270 g/mol. The van der Waals surface area contributed by atoms with Gasteiger partial charge in [0.15, 0.2) is 0 Å². The van der Waals surface area contributed by atoms with Crippen molar-refractivity contribution in [2.45, 2.75) is 33.1 Å². The number of ether oxygens (including phenoxy) is 1. The molecule has 0 atom stereocenters. The van der Waals surface area contributed by atoms with E-state index in [0.717, 1.165) is 32.9 Å². The molecule has 1 aliphatic rings. The summed E-state index contributed by atoms with van der Waals surface area (Å²) < 4.78 is 4.10. The minimum atomic E-state index is -0.181. The number of nitrogens with one attached hydrogen (secondary N) is 1. The van der Waals surface area contributed by atoms with E-state index in [4.69, 9.17) is 10.2 Å². The Hall–Kier alpha value is -1.43. The molecule has 3 N–H and O–H groups in total. The summed E-state index contributed by atoms with van der Waals surface area (Å²) in [4.78, 5) is 10.4. The van der Waals surface area contributed by atoms with E-state index in [1.807, 2.05) is 0 Å². The maximum Gasteiger partial charge on any atom is 0.219 e. The number of benzene rings is 1. The van der Waals surface area contributed by atoms with Gasteiger partial charge in [0, 0.05) is 28.6 Å². The van der Waals surface area contributed by atoms with Gasteiger partial charge in [-0.15, -0.1) is 0 Å². The predicted molar refractivity (Wildman–Crippen MR) is 87.1 cm³/mol. The van der Waals surface area contributed by atoms with Crippen LogP contribution in [-0.4, -0.2) is 43.7 Å². The van der Waals surface area contributed by atoms with Crippen LogP contribution in [-0.2, 0) is 9.53 Å². The highest BCUT2D eigenvalue weighted by Gasteiger charge is 2.04. The summed E-state index contributed by atoms with van der Waals surface area (Å²) in [7, 11) is 2.43. The molecule has 5 heteroatoms. The van der Waals surface area contributed by atoms with Crippen LogP contribution in [0.4, 0.5) is 0 Å². The summed E-state index contributed by atoms with van der Waals surface area (Å²) in [5.74, 6) is 0.214. The smallest absolute Gasteiger partial charge is 0.219 e. The fourth-order valence-corrected chi connectivity index (χ4v) is 1.36. The zero-order chi connectivity index (χ0) is 16.5. The van der Waals surface area contributed by atoms with Crippen molar-refractivity contribution < 1.29 is 21.2 Å². The number of carbonyl (C=O) groups excluding carboxylic acids is 1. The number of aliphatic hydroxyl groups is 2. The molecule has 1 amide bonds. The minimum absolute atomic E-state index is 0. The molecule has 124 valence electrons. The molecule has 0 unspecified atom stereocenters. The molecule has 1 aliphatic heterocycles. The number of aryl methyl sites for hydroxylation is 2. The molecule has 0 aliphatic carbocycles. The third kappa shape index (κ3) is 16.5. The second-order valence-corrected chi connectivity index (χ2v) is 4.38. The Morgan fingerprint density at radius 3 is 1.76 bits per heavy atom. The normalized spacial score (nSPS) is 12.4. The van der Waals surface area contributed by atoms with E-state index in [9.17, 15) is 4.79 Å². The van der Waals surface area contributed by atoms with Gasteiger partial charge in [0.05, 0.1) is 0 Å². The molecule has 0 saturated carbocycles. The summed E-state index contributed by atoms with van der Waals surface area (Å²) in [6, 6.07) is 8.48. The molecule has 0 spiro atoms. The first-order chi connectivity index (χ1) is 10.1. The van der Waals surface area contributed by atoms with Crippen LogP contribution in [0, 0.1) is 13.8 Å². The monoisotopic (exact) mass is 301 g/mol. The van der Waals surface area contributed by atoms with Crippen molar-refractivity contribution >= 4 is 5.91 Å². The van der Waals surface area contributed by atoms with E-state index in [0.29, 0.717) is 0 Å². The van der Waals surface area contributed by atoms with Crippen LogP contribution < -0.4 is 5.32 Å². The summed E-state index contributed by atoms with van der Waals surface area (Å²) in [5.41, 5.74) is 2.66. The third-order valence-corrected chi connectivity index (χ3v) is 2.50. The summed E-state index contributed by atoms with van der Waals surface area (Å²) in [5, 5.41) is 17.4. The second-order valence-electron chi connectivity index (χ2n) is 4.38. The topological polar surface area (TPSA) is 78.8 Å². The molecule has 1 fully saturated rings. The number of aliphatic hydroxyl groups excluding tert-OH is 2. The van der Waals surface area contributed by atoms with E-state index in [2.05, 4.69) is 48.2 Å². The average Bonchev–Trinajstić information content (AvgIpc) is 2.54. The largest absolute Gasteiger partial charge is 0.400 e. The Kier molecular flexibility index (Phi) is 17.3. The third-order valence-electron chi connectivity index (χ3n) is 2.50. The molecule has 2 rings (SSSR count). The lowest BCUT2D eigenvalue weighted by Crippen LogP contribution is -2.28. The summed E-state index contributed by atoms with van der Waals surface area (Å²) in [6.07, 6.45) is 2.97. The Balaban J connectivity index is -0.000000238. The van der Waals surface area contributed by atoms with Gasteiger partial charge >= 0.3 is 0 Å². The predicted octanol–water partition coefficient (Wildman–Crippen LogP) is 2.03. The van der Waals surface area contributed by atoms with Gasteiger partial charge in [-0.3, -0.25) is 4.79 Å². The van der Waals surface area contributed by atoms with Gasteiger partial charge in [0.1, 0.15) is 6.79 Å². The van der Waals surface area contributed by atoms with E-state index >= 15 is 0 Å². The van der Waals surface area contributed by atoms with Gasteiger partial charge in [0.2, 0.25) is 5.91 Å². The van der Waals surface area contributed by atoms with Gasteiger partial charge in [0.25, 0.3) is 0 Å². The van der Waals surface area contributed by atoms with Gasteiger partial charge in [-0.05, 0) is 26.7 Å². The lowest BCUT2D eigenvalue weighted by Gasteiger charge is -2.08. The van der Waals surface area contributed by atoms with Crippen molar-refractivity contribution in [3.8, 4) is 0 Å². The van der Waals surface area contributed by atoms with Crippen molar-refractivity contribution in [3.63, 3.8) is 0 Å². The van der Waals surface area contributed by atoms with Crippen molar-refractivity contribution in [2.24, 2.45) is 0 Å². The lowest BCUT2D eigenvalue weighted by molar-refractivity contribution is -0.122. The van der Waals surface area contributed by atoms with Crippen molar-refractivity contribution in [1.82, 2.24) is 5.32 Å². The lowest BCUT2D eigenvalue weighted by atomic mass is 10.2. The van der Waals surface area contributed by atoms with Crippen LogP contribution in [0.5, 0.6) is 0 Å². The highest BCUT2D eigenvalue weighted by Crippen LogP contribution is 1.99. The van der Waals surface area contributed by atoms with Gasteiger partial charge in [-0.25, -0.2) is 0 Å². The second kappa shape index (κ2) is 16.6. The molecular formula is C16H31NO4. The molecule has 1 saturated heterocycles. The minimum Gasteiger partial charge on any atom is -0.400 e. The van der Waals surface area contributed by atoms with Crippen LogP contribution in [0.2, 0.25) is 0 Å². The van der Waals surface area contributed by atoms with Gasteiger partial charge in [-0.2, -0.15) is 0 Å². The first kappa shape index (κ1) is 21.9. The molecule has 1 aromatic carbocycles. The zero-order valence-electron chi connectivity index (χ0n) is 13.6. The van der Waals surface area contributed by atoms with E-state index in [1.165, 1.54) is 18.2 Å². The average molecular weight is 301 g/mol. The highest BCUT2D eigenvalue weighted by atomic mass is 16.6. The Bertz CT molecular complexity index is 314. The summed E-state index contributed by atoms with van der Waals surface area (Å²) in [6.45, 7) is 4.90. The molecule has 0 radical (unpaired) electrons. The van der Waals surface area contributed by atoms with Crippen LogP contribution in [0.15, 0.2) is 24.3 Å². The molecule has 0 bridgehead atoms. The van der Waals surface area contributed by atoms with Gasteiger partial charge < -0.3 is 20.3 Å². The molecule has 5 nitrogen and oxygen atoms in total. The molecule has 21 heavy (non-hydrogen) atoms. The quantitative estimate of drug-likeness (QED) is 0.694. The van der Waals surface area contributed by atoms with Crippen LogP contribution in [0.25, 0.3) is 0 Å². The van der Waals surface area contributed by atoms with E-state index < -0.39 is 0 Å². The maximum absolute atomic E-state index is 10.4.